The number of hydrogen-bond acceptors (Lipinski definition) is 4. The number of ether oxygens (including phenoxy) is 1. The summed E-state index contributed by atoms with van der Waals surface area (Å²) < 4.78 is 6.58. The van der Waals surface area contributed by atoms with Crippen LogP contribution in [-0.4, -0.2) is 54.9 Å². The first-order chi connectivity index (χ1) is 10.1. The Kier molecular flexibility index (Phi) is 6.96. The van der Waals surface area contributed by atoms with Gasteiger partial charge in [0.15, 0.2) is 0 Å². The molecule has 2 atom stereocenters. The van der Waals surface area contributed by atoms with Crippen molar-refractivity contribution < 1.29 is 9.84 Å². The molecule has 2 N–H and O–H groups in total. The first-order valence-electron chi connectivity index (χ1n) is 7.66. The number of aliphatic hydroxyl groups excluding tert-OH is 1. The molecule has 0 aliphatic carbocycles. The lowest BCUT2D eigenvalue weighted by atomic mass is 10.3. The fourth-order valence-corrected chi connectivity index (χ4v) is 2.82. The molecule has 1 aromatic carbocycles. The molecule has 1 aliphatic rings. The standard InChI is InChI=1S/C16H25BrN2O2/c1-13(19-8-2-3-9-19)10-18-11-15(20)12-21-16-6-4-14(17)5-7-16/h4-7,13,15,18,20H,2-3,8-12H2,1H3. The number of nitrogens with one attached hydrogen (secondary N) is 1. The van der Waals surface area contributed by atoms with Gasteiger partial charge in [-0.15, -0.1) is 0 Å². The molecule has 1 heterocycles. The average molecular weight is 357 g/mol. The summed E-state index contributed by atoms with van der Waals surface area (Å²) in [6.07, 6.45) is 2.14. The van der Waals surface area contributed by atoms with Crippen molar-refractivity contribution in [3.8, 4) is 5.75 Å². The highest BCUT2D eigenvalue weighted by atomic mass is 79.9. The maximum atomic E-state index is 9.93. The minimum Gasteiger partial charge on any atom is -0.491 e. The van der Waals surface area contributed by atoms with Gasteiger partial charge in [0.25, 0.3) is 0 Å². The summed E-state index contributed by atoms with van der Waals surface area (Å²) >= 11 is 3.38. The number of benzene rings is 1. The van der Waals surface area contributed by atoms with Crippen LogP contribution in [0, 0.1) is 0 Å². The maximum absolute atomic E-state index is 9.93. The Labute approximate surface area is 135 Å². The Morgan fingerprint density at radius 3 is 2.57 bits per heavy atom. The normalized spacial score (nSPS) is 18.6. The molecule has 0 bridgehead atoms. The number of aliphatic hydroxyl groups is 1. The van der Waals surface area contributed by atoms with Gasteiger partial charge in [-0.2, -0.15) is 0 Å². The van der Waals surface area contributed by atoms with Crippen LogP contribution in [0.15, 0.2) is 28.7 Å². The van der Waals surface area contributed by atoms with Crippen LogP contribution >= 0.6 is 15.9 Å². The van der Waals surface area contributed by atoms with Gasteiger partial charge in [0.05, 0.1) is 0 Å². The first kappa shape index (κ1) is 16.7. The fourth-order valence-electron chi connectivity index (χ4n) is 2.55. The van der Waals surface area contributed by atoms with E-state index in [4.69, 9.17) is 4.74 Å². The number of halogens is 1. The van der Waals surface area contributed by atoms with Crippen LogP contribution < -0.4 is 10.1 Å². The molecular formula is C16H25BrN2O2. The van der Waals surface area contributed by atoms with Crippen molar-refractivity contribution in [2.75, 3.05) is 32.8 Å². The van der Waals surface area contributed by atoms with Crippen molar-refractivity contribution in [3.05, 3.63) is 28.7 Å². The average Bonchev–Trinajstić information content (AvgIpc) is 3.01. The molecule has 1 aromatic rings. The molecule has 2 rings (SSSR count). The van der Waals surface area contributed by atoms with Crippen molar-refractivity contribution >= 4 is 15.9 Å². The van der Waals surface area contributed by atoms with Crippen LogP contribution in [0.3, 0.4) is 0 Å². The van der Waals surface area contributed by atoms with Crippen LogP contribution in [0.5, 0.6) is 5.75 Å². The lowest BCUT2D eigenvalue weighted by Crippen LogP contribution is -2.41. The van der Waals surface area contributed by atoms with E-state index in [0.717, 1.165) is 16.8 Å². The molecule has 1 saturated heterocycles. The second-order valence-corrected chi connectivity index (χ2v) is 6.58. The van der Waals surface area contributed by atoms with Crippen molar-refractivity contribution in [1.82, 2.24) is 10.2 Å². The molecule has 0 radical (unpaired) electrons. The smallest absolute Gasteiger partial charge is 0.119 e. The van der Waals surface area contributed by atoms with Crippen LogP contribution in [0.4, 0.5) is 0 Å². The molecule has 0 saturated carbocycles. The number of likely N-dealkylation sites (tertiary alicyclic amines) is 1. The van der Waals surface area contributed by atoms with Crippen molar-refractivity contribution in [3.63, 3.8) is 0 Å². The Morgan fingerprint density at radius 2 is 1.90 bits per heavy atom. The third-order valence-corrected chi connectivity index (χ3v) is 4.37. The predicted molar refractivity (Wildman–Crippen MR) is 88.8 cm³/mol. The summed E-state index contributed by atoms with van der Waals surface area (Å²) in [5, 5.41) is 13.3. The zero-order chi connectivity index (χ0) is 15.1. The van der Waals surface area contributed by atoms with Gasteiger partial charge in [0.2, 0.25) is 0 Å². The minimum absolute atomic E-state index is 0.312. The zero-order valence-corrected chi connectivity index (χ0v) is 14.2. The quantitative estimate of drug-likeness (QED) is 0.749. The molecule has 0 spiro atoms. The van der Waals surface area contributed by atoms with Crippen molar-refractivity contribution in [1.29, 1.82) is 0 Å². The fraction of sp³-hybridized carbons (Fsp3) is 0.625. The number of hydrogen-bond donors (Lipinski definition) is 2. The van der Waals surface area contributed by atoms with E-state index in [9.17, 15) is 5.11 Å². The summed E-state index contributed by atoms with van der Waals surface area (Å²) in [6.45, 7) is 6.44. The van der Waals surface area contributed by atoms with E-state index in [-0.39, 0.29) is 0 Å². The lowest BCUT2D eigenvalue weighted by molar-refractivity contribution is 0.104. The number of nitrogens with zero attached hydrogens (tertiary/aromatic N) is 1. The molecule has 4 nitrogen and oxygen atoms in total. The van der Waals surface area contributed by atoms with Crippen LogP contribution in [-0.2, 0) is 0 Å². The van der Waals surface area contributed by atoms with E-state index in [1.807, 2.05) is 24.3 Å². The van der Waals surface area contributed by atoms with Gasteiger partial charge in [-0.25, -0.2) is 0 Å². The van der Waals surface area contributed by atoms with Gasteiger partial charge in [0.1, 0.15) is 18.5 Å². The summed E-state index contributed by atoms with van der Waals surface area (Å²) in [7, 11) is 0. The Bertz CT molecular complexity index is 407. The van der Waals surface area contributed by atoms with Crippen LogP contribution in [0.2, 0.25) is 0 Å². The Balaban J connectivity index is 1.58. The molecule has 5 heteroatoms. The van der Waals surface area contributed by atoms with E-state index < -0.39 is 6.10 Å². The molecular weight excluding hydrogens is 332 g/mol. The highest BCUT2D eigenvalue weighted by Gasteiger charge is 2.17. The van der Waals surface area contributed by atoms with Gasteiger partial charge in [-0.3, -0.25) is 4.90 Å². The molecule has 1 fully saturated rings. The summed E-state index contributed by atoms with van der Waals surface area (Å²) in [6, 6.07) is 8.17. The third kappa shape index (κ3) is 5.94. The minimum atomic E-state index is -0.487. The van der Waals surface area contributed by atoms with Crippen LogP contribution in [0.25, 0.3) is 0 Å². The molecule has 2 unspecified atom stereocenters. The Hall–Kier alpha value is -0.620. The second-order valence-electron chi connectivity index (χ2n) is 5.67. The SMILES string of the molecule is CC(CNCC(O)COc1ccc(Br)cc1)N1CCCC1. The van der Waals surface area contributed by atoms with Gasteiger partial charge < -0.3 is 15.2 Å². The van der Waals surface area contributed by atoms with Crippen molar-refractivity contribution in [2.45, 2.75) is 31.9 Å². The highest BCUT2D eigenvalue weighted by Crippen LogP contribution is 2.16. The van der Waals surface area contributed by atoms with E-state index in [1.54, 1.807) is 0 Å². The largest absolute Gasteiger partial charge is 0.491 e. The second kappa shape index (κ2) is 8.73. The van der Waals surface area contributed by atoms with E-state index >= 15 is 0 Å². The predicted octanol–water partition coefficient (Wildman–Crippen LogP) is 2.26. The van der Waals surface area contributed by atoms with E-state index in [2.05, 4.69) is 33.1 Å². The van der Waals surface area contributed by atoms with Gasteiger partial charge in [-0.05, 0) is 57.1 Å². The molecule has 0 aromatic heterocycles. The zero-order valence-electron chi connectivity index (χ0n) is 12.6. The summed E-state index contributed by atoms with van der Waals surface area (Å²) in [5.74, 6) is 0.780. The molecule has 0 amide bonds. The van der Waals surface area contributed by atoms with Crippen LogP contribution in [0.1, 0.15) is 19.8 Å². The highest BCUT2D eigenvalue weighted by molar-refractivity contribution is 9.10. The van der Waals surface area contributed by atoms with Gasteiger partial charge in [-0.1, -0.05) is 15.9 Å². The van der Waals surface area contributed by atoms with Gasteiger partial charge in [0, 0.05) is 23.6 Å². The van der Waals surface area contributed by atoms with Crippen molar-refractivity contribution in [2.24, 2.45) is 0 Å². The lowest BCUT2D eigenvalue weighted by Gasteiger charge is -2.24. The van der Waals surface area contributed by atoms with E-state index in [0.29, 0.717) is 19.2 Å². The molecule has 118 valence electrons. The molecule has 21 heavy (non-hydrogen) atoms. The summed E-state index contributed by atoms with van der Waals surface area (Å²) in [5.41, 5.74) is 0. The monoisotopic (exact) mass is 356 g/mol. The molecule has 1 aliphatic heterocycles. The third-order valence-electron chi connectivity index (χ3n) is 3.84. The Morgan fingerprint density at radius 1 is 1.24 bits per heavy atom. The first-order valence-corrected chi connectivity index (χ1v) is 8.45. The maximum Gasteiger partial charge on any atom is 0.119 e. The summed E-state index contributed by atoms with van der Waals surface area (Å²) in [4.78, 5) is 2.50. The number of rotatable bonds is 8. The van der Waals surface area contributed by atoms with E-state index in [1.165, 1.54) is 25.9 Å². The van der Waals surface area contributed by atoms with Gasteiger partial charge >= 0.3 is 0 Å². The topological polar surface area (TPSA) is 44.7 Å².